The van der Waals surface area contributed by atoms with Crippen molar-refractivity contribution in [2.45, 2.75) is 13.0 Å². The molecule has 2 aromatic rings. The molecule has 0 unspecified atom stereocenters. The van der Waals surface area contributed by atoms with Crippen molar-refractivity contribution in [3.63, 3.8) is 0 Å². The van der Waals surface area contributed by atoms with Gasteiger partial charge >= 0.3 is 5.97 Å². The van der Waals surface area contributed by atoms with Crippen molar-refractivity contribution in [2.24, 2.45) is 0 Å². The molecule has 0 aliphatic carbocycles. The molecule has 0 aliphatic heterocycles. The molecule has 1 N–H and O–H groups in total. The zero-order valence-corrected chi connectivity index (χ0v) is 12.7. The van der Waals surface area contributed by atoms with Gasteiger partial charge < -0.3 is 4.74 Å². The van der Waals surface area contributed by atoms with Crippen LogP contribution in [0.5, 0.6) is 0 Å². The quantitative estimate of drug-likeness (QED) is 0.628. The third kappa shape index (κ3) is 4.86. The van der Waals surface area contributed by atoms with E-state index in [-0.39, 0.29) is 18.6 Å². The molecule has 3 nitrogen and oxygen atoms in total. The van der Waals surface area contributed by atoms with E-state index in [4.69, 9.17) is 4.74 Å². The molecule has 2 aromatic carbocycles. The fourth-order valence-corrected chi connectivity index (χ4v) is 2.19. The number of nitrogens with one attached hydrogen (secondary N) is 1. The van der Waals surface area contributed by atoms with Crippen LogP contribution in [-0.2, 0) is 9.53 Å². The second kappa shape index (κ2) is 8.80. The van der Waals surface area contributed by atoms with E-state index in [1.54, 1.807) is 0 Å². The fraction of sp³-hybridized carbons (Fsp3) is 0.211. The second-order valence-corrected chi connectivity index (χ2v) is 4.89. The van der Waals surface area contributed by atoms with Crippen molar-refractivity contribution in [1.29, 1.82) is 0 Å². The lowest BCUT2D eigenvalue weighted by atomic mass is 9.99. The van der Waals surface area contributed by atoms with Crippen LogP contribution in [0.15, 0.2) is 72.8 Å². The zero-order chi connectivity index (χ0) is 15.6. The number of hydrogen-bond acceptors (Lipinski definition) is 3. The minimum absolute atomic E-state index is 0.0309. The Kier molecular flexibility index (Phi) is 6.39. The summed E-state index contributed by atoms with van der Waals surface area (Å²) in [5, 5.41) is 3.28. The molecule has 0 saturated carbocycles. The van der Waals surface area contributed by atoms with E-state index in [1.807, 2.05) is 55.5 Å². The van der Waals surface area contributed by atoms with E-state index in [0.717, 1.165) is 11.1 Å². The van der Waals surface area contributed by atoms with Gasteiger partial charge in [0.2, 0.25) is 0 Å². The van der Waals surface area contributed by atoms with Gasteiger partial charge in [-0.25, -0.2) is 0 Å². The maximum Gasteiger partial charge on any atom is 0.320 e. The van der Waals surface area contributed by atoms with Crippen molar-refractivity contribution in [3.05, 3.63) is 83.9 Å². The first-order valence-corrected chi connectivity index (χ1v) is 7.41. The van der Waals surface area contributed by atoms with Crippen LogP contribution in [0.4, 0.5) is 0 Å². The summed E-state index contributed by atoms with van der Waals surface area (Å²) in [5.74, 6) is -0.255. The Morgan fingerprint density at radius 3 is 2.09 bits per heavy atom. The summed E-state index contributed by atoms with van der Waals surface area (Å²) >= 11 is 0. The maximum absolute atomic E-state index is 11.8. The molecule has 2 rings (SSSR count). The summed E-state index contributed by atoms with van der Waals surface area (Å²) in [6.45, 7) is 2.39. The normalized spacial score (nSPS) is 11.0. The molecular weight excluding hydrogens is 274 g/mol. The molecule has 0 heterocycles. The van der Waals surface area contributed by atoms with E-state index in [2.05, 4.69) is 29.6 Å². The predicted octanol–water partition coefficient (Wildman–Crippen LogP) is 3.48. The van der Waals surface area contributed by atoms with E-state index in [9.17, 15) is 4.79 Å². The molecule has 3 heteroatoms. The molecular formula is C19H21NO2. The van der Waals surface area contributed by atoms with E-state index < -0.39 is 0 Å². The second-order valence-electron chi connectivity index (χ2n) is 4.89. The third-order valence-electron chi connectivity index (χ3n) is 3.29. The van der Waals surface area contributed by atoms with Crippen molar-refractivity contribution < 1.29 is 9.53 Å². The third-order valence-corrected chi connectivity index (χ3v) is 3.29. The van der Waals surface area contributed by atoms with Crippen LogP contribution in [0, 0.1) is 0 Å². The Bertz CT molecular complexity index is 554. The topological polar surface area (TPSA) is 38.3 Å². The summed E-state index contributed by atoms with van der Waals surface area (Å²) in [4.78, 5) is 11.8. The molecule has 0 spiro atoms. The van der Waals surface area contributed by atoms with Gasteiger partial charge in [0.15, 0.2) is 0 Å². The Hall–Kier alpha value is -2.39. The highest BCUT2D eigenvalue weighted by Gasteiger charge is 2.14. The molecule has 114 valence electrons. The molecule has 0 radical (unpaired) electrons. The van der Waals surface area contributed by atoms with Gasteiger partial charge in [0.25, 0.3) is 0 Å². The molecule has 0 aromatic heterocycles. The molecule has 22 heavy (non-hydrogen) atoms. The zero-order valence-electron chi connectivity index (χ0n) is 12.7. The molecule has 0 fully saturated rings. The number of carbonyl (C=O) groups excluding carboxylic acids is 1. The van der Waals surface area contributed by atoms with Crippen LogP contribution in [0.2, 0.25) is 0 Å². The average molecular weight is 295 g/mol. The van der Waals surface area contributed by atoms with E-state index in [1.165, 1.54) is 0 Å². The first-order valence-electron chi connectivity index (χ1n) is 7.41. The summed E-state index contributed by atoms with van der Waals surface area (Å²) in [6, 6.07) is 20.1. The van der Waals surface area contributed by atoms with Gasteiger partial charge in [-0.1, -0.05) is 72.8 Å². The molecule has 0 saturated heterocycles. The van der Waals surface area contributed by atoms with E-state index >= 15 is 0 Å². The van der Waals surface area contributed by atoms with Crippen LogP contribution in [-0.4, -0.2) is 19.1 Å². The minimum atomic E-state index is -0.255. The monoisotopic (exact) mass is 295 g/mol. The first kappa shape index (κ1) is 16.0. The molecule has 0 bridgehead atoms. The van der Waals surface area contributed by atoms with Crippen molar-refractivity contribution in [1.82, 2.24) is 5.32 Å². The van der Waals surface area contributed by atoms with Crippen molar-refractivity contribution >= 4 is 5.97 Å². The number of ether oxygens (including phenoxy) is 1. The lowest BCUT2D eigenvalue weighted by Gasteiger charge is -2.19. The summed E-state index contributed by atoms with van der Waals surface area (Å²) < 4.78 is 5.12. The summed E-state index contributed by atoms with van der Waals surface area (Å²) in [6.07, 6.45) is 3.67. The lowest BCUT2D eigenvalue weighted by Crippen LogP contribution is -2.29. The fourth-order valence-electron chi connectivity index (χ4n) is 2.19. The Labute approximate surface area is 131 Å². The van der Waals surface area contributed by atoms with Crippen LogP contribution < -0.4 is 5.32 Å². The summed E-state index contributed by atoms with van der Waals surface area (Å²) in [7, 11) is 0. The molecule has 0 amide bonds. The van der Waals surface area contributed by atoms with Gasteiger partial charge in [-0.2, -0.15) is 0 Å². The number of carbonyl (C=O) groups is 1. The van der Waals surface area contributed by atoms with Gasteiger partial charge in [-0.05, 0) is 18.1 Å². The average Bonchev–Trinajstić information content (AvgIpc) is 2.57. The number of rotatable bonds is 7. The number of esters is 1. The van der Waals surface area contributed by atoms with Crippen molar-refractivity contribution in [2.75, 3.05) is 13.2 Å². The SMILES string of the molecule is CC=CCOC(=O)CNC(c1ccccc1)c1ccccc1. The Morgan fingerprint density at radius 1 is 1.05 bits per heavy atom. The Morgan fingerprint density at radius 2 is 1.59 bits per heavy atom. The van der Waals surface area contributed by atoms with Crippen LogP contribution in [0.25, 0.3) is 0 Å². The standard InChI is InChI=1S/C19H21NO2/c1-2-3-14-22-18(21)15-20-19(16-10-6-4-7-11-16)17-12-8-5-9-13-17/h2-13,19-20H,14-15H2,1H3. The van der Waals surface area contributed by atoms with Gasteiger partial charge in [0.1, 0.15) is 6.61 Å². The van der Waals surface area contributed by atoms with Gasteiger partial charge in [0.05, 0.1) is 12.6 Å². The minimum Gasteiger partial charge on any atom is -0.461 e. The van der Waals surface area contributed by atoms with Gasteiger partial charge in [-0.15, -0.1) is 0 Å². The van der Waals surface area contributed by atoms with E-state index in [0.29, 0.717) is 6.61 Å². The molecule has 0 atom stereocenters. The predicted molar refractivity (Wildman–Crippen MR) is 88.5 cm³/mol. The van der Waals surface area contributed by atoms with Crippen LogP contribution in [0.3, 0.4) is 0 Å². The first-order chi connectivity index (χ1) is 10.8. The van der Waals surface area contributed by atoms with Gasteiger partial charge in [0, 0.05) is 0 Å². The van der Waals surface area contributed by atoms with Gasteiger partial charge in [-0.3, -0.25) is 10.1 Å². The lowest BCUT2D eigenvalue weighted by molar-refractivity contribution is -0.141. The maximum atomic E-state index is 11.8. The highest BCUT2D eigenvalue weighted by molar-refractivity contribution is 5.71. The Balaban J connectivity index is 2.05. The highest BCUT2D eigenvalue weighted by atomic mass is 16.5. The van der Waals surface area contributed by atoms with Crippen molar-refractivity contribution in [3.8, 4) is 0 Å². The highest BCUT2D eigenvalue weighted by Crippen LogP contribution is 2.21. The smallest absolute Gasteiger partial charge is 0.320 e. The summed E-state index contributed by atoms with van der Waals surface area (Å²) in [5.41, 5.74) is 2.24. The number of benzene rings is 2. The number of hydrogen-bond donors (Lipinski definition) is 1. The van der Waals surface area contributed by atoms with Crippen LogP contribution >= 0.6 is 0 Å². The largest absolute Gasteiger partial charge is 0.461 e. The molecule has 0 aliphatic rings. The van der Waals surface area contributed by atoms with Crippen LogP contribution in [0.1, 0.15) is 24.1 Å². The number of allylic oxidation sites excluding steroid dienone is 1.